The average Bonchev–Trinajstić information content (AvgIpc) is 2.13. The molecule has 0 saturated heterocycles. The van der Waals surface area contributed by atoms with Crippen LogP contribution in [-0.2, 0) is 16.8 Å². The number of benzene rings is 1. The summed E-state index contributed by atoms with van der Waals surface area (Å²) in [4.78, 5) is 10.6. The predicted molar refractivity (Wildman–Crippen MR) is 64.7 cm³/mol. The minimum absolute atomic E-state index is 0.0336. The molecule has 0 heterocycles. The fraction of sp³-hybridized carbons (Fsp3) is 0.500. The summed E-state index contributed by atoms with van der Waals surface area (Å²) in [5, 5.41) is 19.1. The Bertz CT molecular complexity index is 402. The number of carboxylic acid groups (broad SMARTS) is 1. The molecule has 0 radical (unpaired) electrons. The van der Waals surface area contributed by atoms with Gasteiger partial charge in [-0.15, -0.1) is 0 Å². The van der Waals surface area contributed by atoms with Crippen molar-refractivity contribution >= 4 is 5.97 Å². The maximum absolute atomic E-state index is 10.6. The first-order valence-corrected chi connectivity index (χ1v) is 6.03. The number of carboxylic acids is 1. The van der Waals surface area contributed by atoms with Crippen molar-refractivity contribution in [3.05, 3.63) is 35.4 Å². The molecule has 1 saturated carbocycles. The fourth-order valence-corrected chi connectivity index (χ4v) is 2.34. The molecular weight excluding hydrogens is 216 g/mol. The van der Waals surface area contributed by atoms with Gasteiger partial charge in [0.2, 0.25) is 0 Å². The maximum atomic E-state index is 10.6. The molecule has 1 aromatic rings. The normalized spacial score (nSPS) is 19.4. The maximum Gasteiger partial charge on any atom is 0.307 e. The highest BCUT2D eigenvalue weighted by molar-refractivity contribution is 5.70. The lowest BCUT2D eigenvalue weighted by Gasteiger charge is -2.39. The van der Waals surface area contributed by atoms with Crippen molar-refractivity contribution in [2.45, 2.75) is 38.2 Å². The zero-order valence-electron chi connectivity index (χ0n) is 10.0. The lowest BCUT2D eigenvalue weighted by molar-refractivity contribution is -0.136. The molecule has 0 bridgehead atoms. The van der Waals surface area contributed by atoms with E-state index in [0.717, 1.165) is 24.0 Å². The van der Waals surface area contributed by atoms with E-state index >= 15 is 0 Å². The number of aliphatic hydroxyl groups is 1. The third-order valence-electron chi connectivity index (χ3n) is 3.79. The van der Waals surface area contributed by atoms with E-state index in [1.165, 1.54) is 6.42 Å². The summed E-state index contributed by atoms with van der Waals surface area (Å²) >= 11 is 0. The third kappa shape index (κ3) is 2.50. The van der Waals surface area contributed by atoms with E-state index in [0.29, 0.717) is 5.92 Å². The molecule has 17 heavy (non-hydrogen) atoms. The molecule has 2 rings (SSSR count). The van der Waals surface area contributed by atoms with Crippen molar-refractivity contribution in [2.24, 2.45) is 5.92 Å². The van der Waals surface area contributed by atoms with Crippen LogP contribution in [-0.4, -0.2) is 16.2 Å². The van der Waals surface area contributed by atoms with E-state index in [1.807, 2.05) is 19.1 Å². The monoisotopic (exact) mass is 234 g/mol. The van der Waals surface area contributed by atoms with Gasteiger partial charge in [-0.1, -0.05) is 30.7 Å². The largest absolute Gasteiger partial charge is 0.481 e. The van der Waals surface area contributed by atoms with Gasteiger partial charge in [0.25, 0.3) is 0 Å². The molecule has 0 aliphatic heterocycles. The summed E-state index contributed by atoms with van der Waals surface area (Å²) in [7, 11) is 0. The quantitative estimate of drug-likeness (QED) is 0.840. The highest BCUT2D eigenvalue weighted by atomic mass is 16.4. The van der Waals surface area contributed by atoms with E-state index in [1.54, 1.807) is 12.1 Å². The van der Waals surface area contributed by atoms with Crippen LogP contribution in [0, 0.1) is 5.92 Å². The van der Waals surface area contributed by atoms with Crippen LogP contribution in [0.4, 0.5) is 0 Å². The fourth-order valence-electron chi connectivity index (χ4n) is 2.34. The van der Waals surface area contributed by atoms with Crippen LogP contribution in [0.3, 0.4) is 0 Å². The van der Waals surface area contributed by atoms with Crippen LogP contribution in [0.1, 0.15) is 37.3 Å². The van der Waals surface area contributed by atoms with Crippen molar-refractivity contribution in [3.63, 3.8) is 0 Å². The van der Waals surface area contributed by atoms with Crippen LogP contribution in [0.5, 0.6) is 0 Å². The van der Waals surface area contributed by atoms with Crippen molar-refractivity contribution < 1.29 is 15.0 Å². The summed E-state index contributed by atoms with van der Waals surface area (Å²) in [5.41, 5.74) is 0.877. The lowest BCUT2D eigenvalue weighted by Crippen LogP contribution is -2.36. The lowest BCUT2D eigenvalue weighted by atomic mass is 9.71. The van der Waals surface area contributed by atoms with Gasteiger partial charge < -0.3 is 10.2 Å². The van der Waals surface area contributed by atoms with Gasteiger partial charge in [0.1, 0.15) is 0 Å². The Balaban J connectivity index is 2.13. The number of aliphatic carboxylic acids is 1. The highest BCUT2D eigenvalue weighted by Gasteiger charge is 2.37. The van der Waals surface area contributed by atoms with E-state index < -0.39 is 11.6 Å². The molecule has 2 N–H and O–H groups in total. The van der Waals surface area contributed by atoms with Gasteiger partial charge in [-0.25, -0.2) is 0 Å². The Morgan fingerprint density at radius 2 is 1.94 bits per heavy atom. The molecule has 92 valence electrons. The molecule has 1 fully saturated rings. The number of rotatable bonds is 4. The van der Waals surface area contributed by atoms with Gasteiger partial charge in [0, 0.05) is 0 Å². The Hall–Kier alpha value is -1.35. The predicted octanol–water partition coefficient (Wildman–Crippen LogP) is 2.32. The molecule has 0 aromatic heterocycles. The van der Waals surface area contributed by atoms with Gasteiger partial charge in [-0.05, 0) is 36.8 Å². The van der Waals surface area contributed by atoms with Crippen LogP contribution in [0.25, 0.3) is 0 Å². The van der Waals surface area contributed by atoms with Crippen LogP contribution >= 0.6 is 0 Å². The number of hydrogen-bond acceptors (Lipinski definition) is 2. The van der Waals surface area contributed by atoms with Gasteiger partial charge in [0.05, 0.1) is 12.0 Å². The molecule has 1 aliphatic carbocycles. The van der Waals surface area contributed by atoms with E-state index in [2.05, 4.69) is 0 Å². The zero-order valence-corrected chi connectivity index (χ0v) is 10.0. The van der Waals surface area contributed by atoms with Gasteiger partial charge in [-0.2, -0.15) is 0 Å². The second kappa shape index (κ2) is 4.49. The molecular formula is C14H18O3. The van der Waals surface area contributed by atoms with Gasteiger partial charge >= 0.3 is 5.97 Å². The van der Waals surface area contributed by atoms with Crippen LogP contribution < -0.4 is 0 Å². The first-order valence-electron chi connectivity index (χ1n) is 6.03. The molecule has 3 nitrogen and oxygen atoms in total. The number of carbonyl (C=O) groups is 1. The van der Waals surface area contributed by atoms with Gasteiger partial charge in [0.15, 0.2) is 0 Å². The van der Waals surface area contributed by atoms with Crippen molar-refractivity contribution in [1.29, 1.82) is 0 Å². The Morgan fingerprint density at radius 3 is 2.35 bits per heavy atom. The van der Waals surface area contributed by atoms with E-state index in [9.17, 15) is 9.90 Å². The molecule has 1 unspecified atom stereocenters. The first kappa shape index (κ1) is 12.1. The summed E-state index contributed by atoms with van der Waals surface area (Å²) in [6.45, 7) is 1.85. The number of hydrogen-bond donors (Lipinski definition) is 2. The second-order valence-corrected chi connectivity index (χ2v) is 5.04. The van der Waals surface area contributed by atoms with Gasteiger partial charge in [-0.3, -0.25) is 4.79 Å². The second-order valence-electron chi connectivity index (χ2n) is 5.04. The van der Waals surface area contributed by atoms with E-state index in [4.69, 9.17) is 5.11 Å². The Labute approximate surface area is 101 Å². The highest BCUT2D eigenvalue weighted by Crippen LogP contribution is 2.42. The Morgan fingerprint density at radius 1 is 1.35 bits per heavy atom. The molecule has 1 aliphatic rings. The molecule has 1 aromatic carbocycles. The summed E-state index contributed by atoms with van der Waals surface area (Å²) in [5.74, 6) is -0.490. The van der Waals surface area contributed by atoms with Crippen LogP contribution in [0.2, 0.25) is 0 Å². The SMILES string of the molecule is CC(O)(c1ccc(CC(=O)O)cc1)C1CCC1. The van der Waals surface area contributed by atoms with Crippen molar-refractivity contribution in [1.82, 2.24) is 0 Å². The summed E-state index contributed by atoms with van der Waals surface area (Å²) in [6.07, 6.45) is 3.37. The summed E-state index contributed by atoms with van der Waals surface area (Å²) < 4.78 is 0. The molecule has 1 atom stereocenters. The zero-order chi connectivity index (χ0) is 12.5. The first-order chi connectivity index (χ1) is 8.00. The smallest absolute Gasteiger partial charge is 0.307 e. The molecule has 3 heteroatoms. The minimum Gasteiger partial charge on any atom is -0.481 e. The third-order valence-corrected chi connectivity index (χ3v) is 3.79. The van der Waals surface area contributed by atoms with Crippen molar-refractivity contribution in [3.8, 4) is 0 Å². The summed E-state index contributed by atoms with van der Waals surface area (Å²) in [6, 6.07) is 7.26. The average molecular weight is 234 g/mol. The minimum atomic E-state index is -0.830. The topological polar surface area (TPSA) is 57.5 Å². The Kier molecular flexibility index (Phi) is 3.20. The van der Waals surface area contributed by atoms with Crippen molar-refractivity contribution in [2.75, 3.05) is 0 Å². The standard InChI is InChI=1S/C14H18O3/c1-14(17,11-3-2-4-11)12-7-5-10(6-8-12)9-13(15)16/h5-8,11,17H,2-4,9H2,1H3,(H,15,16). The van der Waals surface area contributed by atoms with E-state index in [-0.39, 0.29) is 6.42 Å². The molecule has 0 amide bonds. The molecule has 0 spiro atoms. The van der Waals surface area contributed by atoms with Crippen LogP contribution in [0.15, 0.2) is 24.3 Å².